The summed E-state index contributed by atoms with van der Waals surface area (Å²) in [5, 5.41) is 22.8. The van der Waals surface area contributed by atoms with Crippen LogP contribution >= 0.6 is 0 Å². The predicted molar refractivity (Wildman–Crippen MR) is 74.5 cm³/mol. The van der Waals surface area contributed by atoms with E-state index in [0.29, 0.717) is 11.4 Å². The van der Waals surface area contributed by atoms with E-state index < -0.39 is 10.9 Å². The molecule has 0 aromatic heterocycles. The lowest BCUT2D eigenvalue weighted by molar-refractivity contribution is -0.383. The first-order valence-electron chi connectivity index (χ1n) is 5.83. The van der Waals surface area contributed by atoms with Crippen LogP contribution in [-0.2, 0) is 0 Å². The molecule has 2 rings (SSSR count). The zero-order chi connectivity index (χ0) is 14.7. The lowest BCUT2D eigenvalue weighted by Gasteiger charge is -2.08. The van der Waals surface area contributed by atoms with Crippen molar-refractivity contribution in [3.05, 3.63) is 63.7 Å². The van der Waals surface area contributed by atoms with Crippen molar-refractivity contribution >= 4 is 23.0 Å². The van der Waals surface area contributed by atoms with Crippen molar-refractivity contribution in [1.29, 1.82) is 0 Å². The Hall–Kier alpha value is -2.89. The molecule has 0 aliphatic heterocycles. The first-order chi connectivity index (χ1) is 9.47. The van der Waals surface area contributed by atoms with Gasteiger partial charge in [0.15, 0.2) is 0 Å². The fourth-order valence-corrected chi connectivity index (χ4v) is 1.79. The molecular formula is C14H12N2O4. The molecule has 0 saturated heterocycles. The molecule has 6 nitrogen and oxygen atoms in total. The van der Waals surface area contributed by atoms with E-state index in [1.165, 1.54) is 18.2 Å². The Bertz CT molecular complexity index is 683. The fourth-order valence-electron chi connectivity index (χ4n) is 1.79. The highest BCUT2D eigenvalue weighted by atomic mass is 16.6. The van der Waals surface area contributed by atoms with E-state index >= 15 is 0 Å². The fraction of sp³-hybridized carbons (Fsp3) is 0.0714. The van der Waals surface area contributed by atoms with Gasteiger partial charge in [-0.15, -0.1) is 0 Å². The molecule has 2 aromatic carbocycles. The minimum Gasteiger partial charge on any atom is -0.478 e. The van der Waals surface area contributed by atoms with Crippen LogP contribution in [0.25, 0.3) is 0 Å². The third kappa shape index (κ3) is 2.92. The van der Waals surface area contributed by atoms with Gasteiger partial charge in [-0.3, -0.25) is 10.1 Å². The van der Waals surface area contributed by atoms with Crippen molar-refractivity contribution < 1.29 is 14.8 Å². The Balaban J connectivity index is 2.39. The maximum absolute atomic E-state index is 11.0. The number of aromatic carboxylic acids is 1. The van der Waals surface area contributed by atoms with Crippen LogP contribution in [0.15, 0.2) is 42.5 Å². The molecule has 0 aliphatic carbocycles. The van der Waals surface area contributed by atoms with Crippen molar-refractivity contribution in [2.45, 2.75) is 6.92 Å². The lowest BCUT2D eigenvalue weighted by atomic mass is 10.1. The normalized spacial score (nSPS) is 10.1. The van der Waals surface area contributed by atoms with Gasteiger partial charge in [0.25, 0.3) is 5.69 Å². The summed E-state index contributed by atoms with van der Waals surface area (Å²) in [7, 11) is 0. The number of hydrogen-bond donors (Lipinski definition) is 2. The zero-order valence-corrected chi connectivity index (χ0v) is 10.7. The SMILES string of the molecule is Cc1ccc([N+](=O)[O-])c(Nc2cccc(C(=O)O)c2)c1. The number of aryl methyl sites for hydroxylation is 1. The molecule has 0 saturated carbocycles. The molecule has 2 N–H and O–H groups in total. The van der Waals surface area contributed by atoms with E-state index in [0.717, 1.165) is 5.56 Å². The van der Waals surface area contributed by atoms with Gasteiger partial charge in [-0.25, -0.2) is 4.79 Å². The summed E-state index contributed by atoms with van der Waals surface area (Å²) in [6.45, 7) is 1.82. The van der Waals surface area contributed by atoms with Gasteiger partial charge in [-0.2, -0.15) is 0 Å². The van der Waals surface area contributed by atoms with E-state index in [4.69, 9.17) is 5.11 Å². The van der Waals surface area contributed by atoms with Gasteiger partial charge in [-0.05, 0) is 36.8 Å². The third-order valence-corrected chi connectivity index (χ3v) is 2.74. The number of nitrogens with one attached hydrogen (secondary N) is 1. The number of benzene rings is 2. The first kappa shape index (κ1) is 13.5. The van der Waals surface area contributed by atoms with E-state index in [1.54, 1.807) is 24.3 Å². The minimum absolute atomic E-state index is 0.0590. The molecule has 0 bridgehead atoms. The summed E-state index contributed by atoms with van der Waals surface area (Å²) in [5.41, 5.74) is 1.74. The Kier molecular flexibility index (Phi) is 3.65. The average Bonchev–Trinajstić information content (AvgIpc) is 2.38. The molecule has 0 radical (unpaired) electrons. The largest absolute Gasteiger partial charge is 0.478 e. The van der Waals surface area contributed by atoms with E-state index in [9.17, 15) is 14.9 Å². The van der Waals surface area contributed by atoms with Crippen LogP contribution in [-0.4, -0.2) is 16.0 Å². The zero-order valence-electron chi connectivity index (χ0n) is 10.7. The van der Waals surface area contributed by atoms with Crippen LogP contribution in [0, 0.1) is 17.0 Å². The number of anilines is 2. The Morgan fingerprint density at radius 2 is 2.00 bits per heavy atom. The summed E-state index contributed by atoms with van der Waals surface area (Å²) in [4.78, 5) is 21.4. The maximum atomic E-state index is 11.0. The first-order valence-corrected chi connectivity index (χ1v) is 5.83. The van der Waals surface area contributed by atoms with Crippen molar-refractivity contribution in [3.8, 4) is 0 Å². The molecular weight excluding hydrogens is 260 g/mol. The summed E-state index contributed by atoms with van der Waals surface area (Å²) in [6.07, 6.45) is 0. The van der Waals surface area contributed by atoms with Gasteiger partial charge >= 0.3 is 5.97 Å². The molecule has 102 valence electrons. The predicted octanol–water partition coefficient (Wildman–Crippen LogP) is 3.35. The van der Waals surface area contributed by atoms with E-state index in [2.05, 4.69) is 5.32 Å². The van der Waals surface area contributed by atoms with Gasteiger partial charge in [0.2, 0.25) is 0 Å². The highest BCUT2D eigenvalue weighted by Gasteiger charge is 2.14. The summed E-state index contributed by atoms with van der Waals surface area (Å²) < 4.78 is 0. The molecule has 0 heterocycles. The molecule has 6 heteroatoms. The van der Waals surface area contributed by atoms with Crippen molar-refractivity contribution in [2.75, 3.05) is 5.32 Å². The standard InChI is InChI=1S/C14H12N2O4/c1-9-5-6-13(16(19)20)12(7-9)15-11-4-2-3-10(8-11)14(17)18/h2-8,15H,1H3,(H,17,18). The molecule has 20 heavy (non-hydrogen) atoms. The van der Waals surface area contributed by atoms with Crippen LogP contribution < -0.4 is 5.32 Å². The number of carboxylic acids is 1. The van der Waals surface area contributed by atoms with Crippen molar-refractivity contribution in [2.24, 2.45) is 0 Å². The maximum Gasteiger partial charge on any atom is 0.335 e. The molecule has 0 amide bonds. The second kappa shape index (κ2) is 5.40. The molecule has 0 fully saturated rings. The highest BCUT2D eigenvalue weighted by Crippen LogP contribution is 2.28. The van der Waals surface area contributed by atoms with Gasteiger partial charge in [0, 0.05) is 11.8 Å². The Labute approximate surface area is 114 Å². The average molecular weight is 272 g/mol. The monoisotopic (exact) mass is 272 g/mol. The van der Waals surface area contributed by atoms with Crippen molar-refractivity contribution in [1.82, 2.24) is 0 Å². The van der Waals surface area contributed by atoms with Gasteiger partial charge in [0.05, 0.1) is 10.5 Å². The number of nitrogens with zero attached hydrogens (tertiary/aromatic N) is 1. The molecule has 2 aromatic rings. The van der Waals surface area contributed by atoms with Crippen LogP contribution in [0.5, 0.6) is 0 Å². The summed E-state index contributed by atoms with van der Waals surface area (Å²) >= 11 is 0. The lowest BCUT2D eigenvalue weighted by Crippen LogP contribution is -2.00. The number of carboxylic acid groups (broad SMARTS) is 1. The van der Waals surface area contributed by atoms with Gasteiger partial charge < -0.3 is 10.4 Å². The summed E-state index contributed by atoms with van der Waals surface area (Å²) in [6, 6.07) is 10.8. The molecule has 0 spiro atoms. The second-order valence-electron chi connectivity index (χ2n) is 4.29. The quantitative estimate of drug-likeness (QED) is 0.657. The topological polar surface area (TPSA) is 92.5 Å². The smallest absolute Gasteiger partial charge is 0.335 e. The number of carbonyl (C=O) groups is 1. The van der Waals surface area contributed by atoms with Gasteiger partial charge in [0.1, 0.15) is 5.69 Å². The Morgan fingerprint density at radius 1 is 1.25 bits per heavy atom. The minimum atomic E-state index is -1.05. The van der Waals surface area contributed by atoms with Crippen molar-refractivity contribution in [3.63, 3.8) is 0 Å². The second-order valence-corrected chi connectivity index (χ2v) is 4.29. The van der Waals surface area contributed by atoms with Crippen LogP contribution in [0.3, 0.4) is 0 Å². The molecule has 0 atom stereocenters. The highest BCUT2D eigenvalue weighted by molar-refractivity contribution is 5.89. The van der Waals surface area contributed by atoms with E-state index in [-0.39, 0.29) is 11.3 Å². The molecule has 0 unspecified atom stereocenters. The summed E-state index contributed by atoms with van der Waals surface area (Å²) in [5.74, 6) is -1.05. The number of nitro benzene ring substituents is 1. The van der Waals surface area contributed by atoms with Crippen LogP contribution in [0.4, 0.5) is 17.1 Å². The van der Waals surface area contributed by atoms with Gasteiger partial charge in [-0.1, -0.05) is 12.1 Å². The number of nitro groups is 1. The molecule has 0 aliphatic rings. The Morgan fingerprint density at radius 3 is 2.65 bits per heavy atom. The van der Waals surface area contributed by atoms with Crippen LogP contribution in [0.1, 0.15) is 15.9 Å². The third-order valence-electron chi connectivity index (χ3n) is 2.74. The van der Waals surface area contributed by atoms with Crippen LogP contribution in [0.2, 0.25) is 0 Å². The van der Waals surface area contributed by atoms with E-state index in [1.807, 2.05) is 6.92 Å². The number of hydrogen-bond acceptors (Lipinski definition) is 4. The number of rotatable bonds is 4.